The van der Waals surface area contributed by atoms with Gasteiger partial charge in [0.1, 0.15) is 0 Å². The molecule has 1 nitrogen and oxygen atoms in total. The SMILES string of the molecule is CCC[CH2][Sn]([CH]=CC=COCC)([CH2]CCC)[CH2]CCC. The molecule has 0 radical (unpaired) electrons. The van der Waals surface area contributed by atoms with Crippen LogP contribution in [0.1, 0.15) is 66.2 Å². The third-order valence-electron chi connectivity index (χ3n) is 3.99. The van der Waals surface area contributed by atoms with E-state index in [4.69, 9.17) is 4.74 Å². The fraction of sp³-hybridized carbons (Fsp3) is 0.778. The van der Waals surface area contributed by atoms with Crippen LogP contribution in [0.25, 0.3) is 0 Å². The molecule has 0 aromatic carbocycles. The van der Waals surface area contributed by atoms with Gasteiger partial charge in [-0.05, 0) is 0 Å². The van der Waals surface area contributed by atoms with Crippen molar-refractivity contribution in [2.45, 2.75) is 79.5 Å². The van der Waals surface area contributed by atoms with E-state index in [1.807, 2.05) is 13.2 Å². The summed E-state index contributed by atoms with van der Waals surface area (Å²) in [6, 6.07) is 0. The van der Waals surface area contributed by atoms with Crippen LogP contribution in [0, 0.1) is 0 Å². The first-order valence-corrected chi connectivity index (χ1v) is 16.4. The molecule has 0 N–H and O–H groups in total. The second kappa shape index (κ2) is 14.0. The van der Waals surface area contributed by atoms with E-state index >= 15 is 0 Å². The van der Waals surface area contributed by atoms with Crippen LogP contribution in [0.3, 0.4) is 0 Å². The summed E-state index contributed by atoms with van der Waals surface area (Å²) in [7, 11) is 0. The molecule has 0 heterocycles. The first kappa shape index (κ1) is 20.1. The van der Waals surface area contributed by atoms with Gasteiger partial charge < -0.3 is 0 Å². The monoisotopic (exact) mass is 388 g/mol. The summed E-state index contributed by atoms with van der Waals surface area (Å²) in [6.45, 7) is 9.78. The Balaban J connectivity index is 4.73. The Bertz CT molecular complexity index is 236. The van der Waals surface area contributed by atoms with E-state index in [9.17, 15) is 0 Å². The van der Waals surface area contributed by atoms with E-state index in [-0.39, 0.29) is 0 Å². The molecule has 0 saturated heterocycles. The molecule has 0 amide bonds. The van der Waals surface area contributed by atoms with Crippen molar-refractivity contribution in [2.75, 3.05) is 6.61 Å². The Morgan fingerprint density at radius 2 is 1.25 bits per heavy atom. The van der Waals surface area contributed by atoms with E-state index in [1.54, 1.807) is 13.3 Å². The van der Waals surface area contributed by atoms with Crippen molar-refractivity contribution >= 4 is 18.4 Å². The van der Waals surface area contributed by atoms with Crippen LogP contribution in [0.4, 0.5) is 0 Å². The van der Waals surface area contributed by atoms with Gasteiger partial charge in [-0.2, -0.15) is 0 Å². The van der Waals surface area contributed by atoms with Gasteiger partial charge in [0.25, 0.3) is 0 Å². The molecular weight excluding hydrogens is 351 g/mol. The number of ether oxygens (including phenoxy) is 1. The molecule has 0 spiro atoms. The fourth-order valence-electron chi connectivity index (χ4n) is 2.67. The summed E-state index contributed by atoms with van der Waals surface area (Å²) in [5.41, 5.74) is 0. The van der Waals surface area contributed by atoms with E-state index in [0.29, 0.717) is 0 Å². The second-order valence-electron chi connectivity index (χ2n) is 5.82. The predicted octanol–water partition coefficient (Wildman–Crippen LogP) is 6.48. The molecule has 0 aliphatic rings. The zero-order valence-corrected chi connectivity index (χ0v) is 17.1. The van der Waals surface area contributed by atoms with Gasteiger partial charge in [-0.15, -0.1) is 0 Å². The molecule has 118 valence electrons. The van der Waals surface area contributed by atoms with Crippen LogP contribution in [0.2, 0.25) is 13.3 Å². The van der Waals surface area contributed by atoms with Gasteiger partial charge in [0.05, 0.1) is 0 Å². The van der Waals surface area contributed by atoms with Crippen molar-refractivity contribution < 1.29 is 4.74 Å². The average Bonchev–Trinajstić information content (AvgIpc) is 2.48. The average molecular weight is 387 g/mol. The second-order valence-corrected chi connectivity index (χ2v) is 18.8. The molecule has 2 heteroatoms. The van der Waals surface area contributed by atoms with Crippen LogP contribution in [-0.4, -0.2) is 25.0 Å². The first-order chi connectivity index (χ1) is 9.74. The van der Waals surface area contributed by atoms with Gasteiger partial charge in [0.15, 0.2) is 0 Å². The van der Waals surface area contributed by atoms with Crippen LogP contribution >= 0.6 is 0 Å². The molecule has 0 atom stereocenters. The number of hydrogen-bond acceptors (Lipinski definition) is 1. The Morgan fingerprint density at radius 3 is 1.65 bits per heavy atom. The zero-order chi connectivity index (χ0) is 15.1. The van der Waals surface area contributed by atoms with Gasteiger partial charge >= 0.3 is 132 Å². The molecule has 0 aromatic heterocycles. The van der Waals surface area contributed by atoms with Crippen molar-refractivity contribution in [3.8, 4) is 0 Å². The summed E-state index contributed by atoms with van der Waals surface area (Å²) in [4.78, 5) is 0. The minimum absolute atomic E-state index is 0.764. The summed E-state index contributed by atoms with van der Waals surface area (Å²) in [6.07, 6.45) is 14.6. The Morgan fingerprint density at radius 1 is 0.750 bits per heavy atom. The molecule has 0 saturated carbocycles. The van der Waals surface area contributed by atoms with Crippen molar-refractivity contribution in [2.24, 2.45) is 0 Å². The molecule has 0 unspecified atom stereocenters. The zero-order valence-electron chi connectivity index (χ0n) is 14.3. The van der Waals surface area contributed by atoms with Gasteiger partial charge in [-0.3, -0.25) is 0 Å². The Kier molecular flexibility index (Phi) is 14.1. The maximum atomic E-state index is 5.28. The van der Waals surface area contributed by atoms with Gasteiger partial charge in [-0.25, -0.2) is 0 Å². The predicted molar refractivity (Wildman–Crippen MR) is 94.8 cm³/mol. The third-order valence-corrected chi connectivity index (χ3v) is 18.1. The quantitative estimate of drug-likeness (QED) is 0.200. The van der Waals surface area contributed by atoms with E-state index in [1.165, 1.54) is 38.5 Å². The van der Waals surface area contributed by atoms with Crippen molar-refractivity contribution in [3.05, 3.63) is 22.5 Å². The van der Waals surface area contributed by atoms with E-state index in [0.717, 1.165) is 6.61 Å². The Labute approximate surface area is 131 Å². The molecule has 0 aliphatic carbocycles. The number of rotatable bonds is 13. The summed E-state index contributed by atoms with van der Waals surface area (Å²) >= 11 is -2.04. The maximum absolute atomic E-state index is 5.28. The summed E-state index contributed by atoms with van der Waals surface area (Å²) < 4.78 is 12.6. The molecule has 0 fully saturated rings. The topological polar surface area (TPSA) is 9.23 Å². The molecule has 0 rings (SSSR count). The van der Waals surface area contributed by atoms with Gasteiger partial charge in [0.2, 0.25) is 0 Å². The summed E-state index contributed by atoms with van der Waals surface area (Å²) in [5, 5.41) is 0. The van der Waals surface area contributed by atoms with E-state index < -0.39 is 18.4 Å². The normalized spacial score (nSPS) is 12.6. The first-order valence-electron chi connectivity index (χ1n) is 8.70. The van der Waals surface area contributed by atoms with Crippen LogP contribution in [0.5, 0.6) is 0 Å². The summed E-state index contributed by atoms with van der Waals surface area (Å²) in [5.74, 6) is 0. The number of unbranched alkanes of at least 4 members (excludes halogenated alkanes) is 3. The van der Waals surface area contributed by atoms with Gasteiger partial charge in [-0.1, -0.05) is 0 Å². The van der Waals surface area contributed by atoms with Gasteiger partial charge in [0, 0.05) is 0 Å². The van der Waals surface area contributed by atoms with E-state index in [2.05, 4.69) is 37.0 Å². The molecule has 20 heavy (non-hydrogen) atoms. The molecule has 0 aliphatic heterocycles. The standard InChI is InChI=1S/C6H9O.3C4H9.Sn/c1-3-5-6-7-4-2;3*1-3-4-2;/h1,3,5-6H,4H2,2H3;3*1,3-4H2,2H3;. The van der Waals surface area contributed by atoms with Crippen LogP contribution < -0.4 is 0 Å². The number of allylic oxidation sites excluding steroid dienone is 2. The molecule has 0 bridgehead atoms. The van der Waals surface area contributed by atoms with Crippen LogP contribution in [-0.2, 0) is 4.74 Å². The Hall–Kier alpha value is 0.0787. The molecule has 0 aromatic rings. The number of hydrogen-bond donors (Lipinski definition) is 0. The minimum atomic E-state index is -2.04. The van der Waals surface area contributed by atoms with Crippen molar-refractivity contribution in [1.29, 1.82) is 0 Å². The molecular formula is C18H36OSn. The van der Waals surface area contributed by atoms with Crippen molar-refractivity contribution in [1.82, 2.24) is 0 Å². The van der Waals surface area contributed by atoms with Crippen molar-refractivity contribution in [3.63, 3.8) is 0 Å². The third kappa shape index (κ3) is 9.90. The fourth-order valence-corrected chi connectivity index (χ4v) is 16.8. The van der Waals surface area contributed by atoms with Crippen LogP contribution in [0.15, 0.2) is 22.5 Å².